The highest BCUT2D eigenvalue weighted by atomic mass is 32.1. The third kappa shape index (κ3) is 4.79. The van der Waals surface area contributed by atoms with Crippen molar-refractivity contribution in [1.82, 2.24) is 15.5 Å². The molecule has 0 aliphatic carbocycles. The Kier molecular flexibility index (Phi) is 7.22. The van der Waals surface area contributed by atoms with Crippen molar-refractivity contribution in [2.45, 2.75) is 20.4 Å². The van der Waals surface area contributed by atoms with Crippen molar-refractivity contribution in [3.05, 3.63) is 59.1 Å². The van der Waals surface area contributed by atoms with E-state index in [0.29, 0.717) is 25.3 Å². The molecule has 28 heavy (non-hydrogen) atoms. The molecule has 6 nitrogen and oxygen atoms in total. The van der Waals surface area contributed by atoms with E-state index < -0.39 is 0 Å². The van der Waals surface area contributed by atoms with E-state index in [1.165, 1.54) is 0 Å². The quantitative estimate of drug-likeness (QED) is 0.683. The van der Waals surface area contributed by atoms with E-state index >= 15 is 0 Å². The Balaban J connectivity index is 0.00000109. The topological polar surface area (TPSA) is 70.2 Å². The van der Waals surface area contributed by atoms with E-state index in [1.54, 1.807) is 11.3 Å². The van der Waals surface area contributed by atoms with Gasteiger partial charge in [0, 0.05) is 18.8 Å². The number of carbonyl (C=O) groups is 1. The number of carbonyl (C=O) groups excluding carboxylic acids is 1. The zero-order chi connectivity index (χ0) is 19.8. The summed E-state index contributed by atoms with van der Waals surface area (Å²) in [6, 6.07) is 13.7. The summed E-state index contributed by atoms with van der Waals surface area (Å²) < 4.78 is 5.41. The van der Waals surface area contributed by atoms with Crippen LogP contribution >= 0.6 is 11.3 Å². The molecule has 0 saturated carbocycles. The summed E-state index contributed by atoms with van der Waals surface area (Å²) in [5.41, 5.74) is 3.42. The molecule has 0 bridgehead atoms. The number of anilines is 1. The number of thiophene rings is 1. The Morgan fingerprint density at radius 1 is 1.21 bits per heavy atom. The lowest BCUT2D eigenvalue weighted by Crippen LogP contribution is -2.37. The Bertz CT molecular complexity index is 870. The summed E-state index contributed by atoms with van der Waals surface area (Å²) in [6.45, 7) is 7.39. The van der Waals surface area contributed by atoms with E-state index in [2.05, 4.69) is 20.4 Å². The fourth-order valence-electron chi connectivity index (χ4n) is 3.02. The maximum Gasteiger partial charge on any atom is 0.253 e. The molecule has 1 saturated heterocycles. The fraction of sp³-hybridized carbons (Fsp3) is 0.333. The van der Waals surface area contributed by atoms with E-state index in [-0.39, 0.29) is 5.91 Å². The van der Waals surface area contributed by atoms with Crippen LogP contribution in [0.15, 0.2) is 47.8 Å². The van der Waals surface area contributed by atoms with Crippen LogP contribution in [0.2, 0.25) is 0 Å². The third-order valence-electron chi connectivity index (χ3n) is 4.34. The standard InChI is InChI=1S/C19H20N4O2S.C2H6/c24-19(15-4-1-2-5-17(15)23-7-9-25-10-8-23)20-13-14-12-16(22-21-14)18-6-3-11-26-18;1-2/h1-6,11-12H,7-10,13H2,(H,20,24)(H,21,22);1-2H3. The monoisotopic (exact) mass is 398 g/mol. The molecule has 148 valence electrons. The molecule has 1 aliphatic rings. The highest BCUT2D eigenvalue weighted by Gasteiger charge is 2.18. The Morgan fingerprint density at radius 3 is 2.75 bits per heavy atom. The molecule has 0 atom stereocenters. The highest BCUT2D eigenvalue weighted by molar-refractivity contribution is 7.13. The molecule has 0 spiro atoms. The van der Waals surface area contributed by atoms with Crippen LogP contribution in [0.25, 0.3) is 10.6 Å². The van der Waals surface area contributed by atoms with Crippen molar-refractivity contribution >= 4 is 22.9 Å². The van der Waals surface area contributed by atoms with Gasteiger partial charge in [-0.2, -0.15) is 5.10 Å². The van der Waals surface area contributed by atoms with Crippen molar-refractivity contribution in [2.75, 3.05) is 31.2 Å². The number of nitrogens with zero attached hydrogens (tertiary/aromatic N) is 2. The summed E-state index contributed by atoms with van der Waals surface area (Å²) >= 11 is 1.64. The lowest BCUT2D eigenvalue weighted by molar-refractivity contribution is 0.0949. The Hall–Kier alpha value is -2.64. The SMILES string of the molecule is CC.O=C(NCc1cc(-c2cccs2)n[nH]1)c1ccccc1N1CCOCC1. The van der Waals surface area contributed by atoms with Gasteiger partial charge in [0.05, 0.1) is 35.9 Å². The van der Waals surface area contributed by atoms with Gasteiger partial charge in [-0.1, -0.05) is 32.0 Å². The molecule has 1 amide bonds. The second-order valence-electron chi connectivity index (χ2n) is 6.05. The summed E-state index contributed by atoms with van der Waals surface area (Å²) in [4.78, 5) is 16.0. The average Bonchev–Trinajstić information content (AvgIpc) is 3.46. The number of hydrogen-bond acceptors (Lipinski definition) is 5. The summed E-state index contributed by atoms with van der Waals surface area (Å²) in [5.74, 6) is -0.0839. The lowest BCUT2D eigenvalue weighted by Gasteiger charge is -2.30. The summed E-state index contributed by atoms with van der Waals surface area (Å²) in [7, 11) is 0. The molecule has 1 aromatic carbocycles. The normalized spacial score (nSPS) is 13.6. The van der Waals surface area contributed by atoms with E-state index in [9.17, 15) is 4.79 Å². The van der Waals surface area contributed by atoms with Gasteiger partial charge in [0.2, 0.25) is 0 Å². The van der Waals surface area contributed by atoms with Gasteiger partial charge >= 0.3 is 0 Å². The van der Waals surface area contributed by atoms with Crippen LogP contribution in [0.5, 0.6) is 0 Å². The number of para-hydroxylation sites is 1. The van der Waals surface area contributed by atoms with Gasteiger partial charge in [-0.25, -0.2) is 0 Å². The van der Waals surface area contributed by atoms with Crippen molar-refractivity contribution < 1.29 is 9.53 Å². The first-order valence-corrected chi connectivity index (χ1v) is 10.5. The number of nitrogens with one attached hydrogen (secondary N) is 2. The first-order valence-electron chi connectivity index (χ1n) is 9.59. The number of H-pyrrole nitrogens is 1. The predicted molar refractivity (Wildman–Crippen MR) is 114 cm³/mol. The predicted octanol–water partition coefficient (Wildman–Crippen LogP) is 3.93. The van der Waals surface area contributed by atoms with Gasteiger partial charge in [0.15, 0.2) is 0 Å². The number of hydrogen-bond donors (Lipinski definition) is 2. The van der Waals surface area contributed by atoms with Crippen molar-refractivity contribution in [2.24, 2.45) is 0 Å². The molecule has 1 aliphatic heterocycles. The van der Waals surface area contributed by atoms with Gasteiger partial charge in [0.25, 0.3) is 5.91 Å². The number of benzene rings is 1. The molecule has 1 fully saturated rings. The second-order valence-corrected chi connectivity index (χ2v) is 7.00. The molecular formula is C21H26N4O2S. The first kappa shape index (κ1) is 20.1. The average molecular weight is 399 g/mol. The maximum absolute atomic E-state index is 12.7. The number of aromatic nitrogens is 2. The molecule has 4 rings (SSSR count). The number of rotatable bonds is 5. The van der Waals surface area contributed by atoms with Crippen molar-refractivity contribution in [3.8, 4) is 10.6 Å². The summed E-state index contributed by atoms with van der Waals surface area (Å²) in [5, 5.41) is 12.3. The van der Waals surface area contributed by atoms with Crippen LogP contribution in [0.3, 0.4) is 0 Å². The van der Waals surface area contributed by atoms with E-state index in [4.69, 9.17) is 4.74 Å². The van der Waals surface area contributed by atoms with Crippen LogP contribution in [-0.2, 0) is 11.3 Å². The molecule has 7 heteroatoms. The van der Waals surface area contributed by atoms with E-state index in [0.717, 1.165) is 35.0 Å². The number of aromatic amines is 1. The second kappa shape index (κ2) is 10.1. The lowest BCUT2D eigenvalue weighted by atomic mass is 10.1. The number of ether oxygens (including phenoxy) is 1. The molecule has 2 aromatic heterocycles. The maximum atomic E-state index is 12.7. The van der Waals surface area contributed by atoms with E-state index in [1.807, 2.05) is 61.7 Å². The minimum absolute atomic E-state index is 0.0839. The highest BCUT2D eigenvalue weighted by Crippen LogP contribution is 2.23. The fourth-order valence-corrected chi connectivity index (χ4v) is 3.71. The van der Waals surface area contributed by atoms with Gasteiger partial charge < -0.3 is 15.0 Å². The third-order valence-corrected chi connectivity index (χ3v) is 5.24. The first-order chi connectivity index (χ1) is 13.8. The van der Waals surface area contributed by atoms with Crippen LogP contribution in [0.1, 0.15) is 29.9 Å². The van der Waals surface area contributed by atoms with Crippen LogP contribution in [0.4, 0.5) is 5.69 Å². The van der Waals surface area contributed by atoms with Crippen molar-refractivity contribution in [1.29, 1.82) is 0 Å². The van der Waals surface area contributed by atoms with Crippen LogP contribution in [0, 0.1) is 0 Å². The van der Waals surface area contributed by atoms with Gasteiger partial charge in [0.1, 0.15) is 5.69 Å². The molecule has 0 unspecified atom stereocenters. The Morgan fingerprint density at radius 2 is 2.00 bits per heavy atom. The van der Waals surface area contributed by atoms with Crippen LogP contribution < -0.4 is 10.2 Å². The zero-order valence-corrected chi connectivity index (χ0v) is 17.1. The van der Waals surface area contributed by atoms with Gasteiger partial charge in [-0.3, -0.25) is 9.89 Å². The molecule has 2 N–H and O–H groups in total. The molecular weight excluding hydrogens is 372 g/mol. The Labute approximate surface area is 169 Å². The minimum atomic E-state index is -0.0839. The van der Waals surface area contributed by atoms with Crippen LogP contribution in [-0.4, -0.2) is 42.4 Å². The van der Waals surface area contributed by atoms with Gasteiger partial charge in [-0.15, -0.1) is 11.3 Å². The number of morpholine rings is 1. The molecule has 0 radical (unpaired) electrons. The zero-order valence-electron chi connectivity index (χ0n) is 16.3. The molecule has 3 aromatic rings. The van der Waals surface area contributed by atoms with Crippen molar-refractivity contribution in [3.63, 3.8) is 0 Å². The minimum Gasteiger partial charge on any atom is -0.378 e. The number of amides is 1. The largest absolute Gasteiger partial charge is 0.378 e. The van der Waals surface area contributed by atoms with Gasteiger partial charge in [-0.05, 0) is 29.6 Å². The summed E-state index contributed by atoms with van der Waals surface area (Å²) in [6.07, 6.45) is 0. The smallest absolute Gasteiger partial charge is 0.253 e. The molecule has 3 heterocycles.